The number of pyridine rings is 1. The van der Waals surface area contributed by atoms with Gasteiger partial charge in [0.15, 0.2) is 0 Å². The third-order valence-electron chi connectivity index (χ3n) is 5.90. The van der Waals surface area contributed by atoms with Crippen LogP contribution in [-0.4, -0.2) is 36.2 Å². The predicted octanol–water partition coefficient (Wildman–Crippen LogP) is 5.64. The molecule has 0 fully saturated rings. The minimum atomic E-state index is -0.727. The summed E-state index contributed by atoms with van der Waals surface area (Å²) in [5.41, 5.74) is 2.62. The molecule has 5 rings (SSSR count). The molecule has 3 heterocycles. The van der Waals surface area contributed by atoms with Crippen molar-refractivity contribution in [1.29, 1.82) is 0 Å². The fourth-order valence-corrected chi connectivity index (χ4v) is 5.09. The fraction of sp³-hybridized carbons (Fsp3) is 0.143. The third kappa shape index (κ3) is 5.25. The molecular formula is C28H22ClN3O5S. The lowest BCUT2D eigenvalue weighted by atomic mass is 10.0. The van der Waals surface area contributed by atoms with Crippen LogP contribution in [0.15, 0.2) is 83.4 Å². The Morgan fingerprint density at radius 1 is 1.03 bits per heavy atom. The maximum absolute atomic E-state index is 13.4. The Morgan fingerprint density at radius 2 is 1.82 bits per heavy atom. The van der Waals surface area contributed by atoms with Crippen LogP contribution in [0, 0.1) is 0 Å². The number of hydrogen-bond acceptors (Lipinski definition) is 7. The zero-order valence-electron chi connectivity index (χ0n) is 20.2. The summed E-state index contributed by atoms with van der Waals surface area (Å²) in [6.07, 6.45) is 0. The molecule has 0 saturated heterocycles. The first-order valence-electron chi connectivity index (χ1n) is 11.8. The van der Waals surface area contributed by atoms with Gasteiger partial charge in [-0.3, -0.25) is 0 Å². The number of aromatic nitrogens is 1. The summed E-state index contributed by atoms with van der Waals surface area (Å²) in [4.78, 5) is 44.2. The number of esters is 2. The van der Waals surface area contributed by atoms with E-state index in [1.807, 2.05) is 47.8 Å². The second-order valence-electron chi connectivity index (χ2n) is 8.31. The van der Waals surface area contributed by atoms with Crippen LogP contribution in [-0.2, 0) is 14.3 Å². The second kappa shape index (κ2) is 11.0. The zero-order valence-corrected chi connectivity index (χ0v) is 21.8. The van der Waals surface area contributed by atoms with E-state index in [0.29, 0.717) is 27.2 Å². The van der Waals surface area contributed by atoms with E-state index in [2.05, 4.69) is 15.6 Å². The summed E-state index contributed by atoms with van der Waals surface area (Å²) in [7, 11) is 0. The zero-order chi connectivity index (χ0) is 26.6. The highest BCUT2D eigenvalue weighted by atomic mass is 35.5. The smallest absolute Gasteiger partial charge is 0.339 e. The van der Waals surface area contributed by atoms with Gasteiger partial charge in [-0.15, -0.1) is 11.3 Å². The van der Waals surface area contributed by atoms with Gasteiger partial charge in [-0.1, -0.05) is 48.0 Å². The molecule has 2 amide bonds. The van der Waals surface area contributed by atoms with Crippen molar-refractivity contribution in [2.75, 3.05) is 13.2 Å². The topological polar surface area (TPSA) is 107 Å². The number of carbonyl (C=O) groups is 3. The minimum Gasteiger partial charge on any atom is -0.463 e. The molecule has 2 aromatic heterocycles. The van der Waals surface area contributed by atoms with Crippen LogP contribution in [0.5, 0.6) is 0 Å². The lowest BCUT2D eigenvalue weighted by Crippen LogP contribution is -2.46. The molecular weight excluding hydrogens is 526 g/mol. The van der Waals surface area contributed by atoms with Crippen LogP contribution in [0.4, 0.5) is 4.79 Å². The molecule has 0 spiro atoms. The lowest BCUT2D eigenvalue weighted by molar-refractivity contribution is -0.139. The van der Waals surface area contributed by atoms with Gasteiger partial charge in [0, 0.05) is 20.8 Å². The summed E-state index contributed by atoms with van der Waals surface area (Å²) in [5.74, 6) is -1.24. The van der Waals surface area contributed by atoms with Crippen LogP contribution >= 0.6 is 22.9 Å². The molecule has 4 aromatic rings. The quantitative estimate of drug-likeness (QED) is 0.290. The molecule has 1 aliphatic heterocycles. The highest BCUT2D eigenvalue weighted by Crippen LogP contribution is 2.31. The number of rotatable bonds is 7. The van der Waals surface area contributed by atoms with E-state index in [4.69, 9.17) is 21.1 Å². The number of ether oxygens (including phenoxy) is 2. The molecule has 10 heteroatoms. The van der Waals surface area contributed by atoms with E-state index >= 15 is 0 Å². The molecule has 192 valence electrons. The molecule has 38 heavy (non-hydrogen) atoms. The van der Waals surface area contributed by atoms with Crippen molar-refractivity contribution in [3.63, 3.8) is 0 Å². The van der Waals surface area contributed by atoms with Crippen LogP contribution in [0.1, 0.15) is 28.2 Å². The van der Waals surface area contributed by atoms with Gasteiger partial charge in [0.1, 0.15) is 6.61 Å². The van der Waals surface area contributed by atoms with Crippen molar-refractivity contribution >= 4 is 51.8 Å². The molecule has 0 saturated carbocycles. The van der Waals surface area contributed by atoms with Crippen molar-refractivity contribution in [3.05, 3.63) is 98.8 Å². The number of halogens is 1. The first kappa shape index (κ1) is 25.4. The molecule has 0 radical (unpaired) electrons. The maximum atomic E-state index is 13.4. The minimum absolute atomic E-state index is 0.150. The molecule has 0 aliphatic carbocycles. The van der Waals surface area contributed by atoms with Gasteiger partial charge in [-0.25, -0.2) is 19.4 Å². The van der Waals surface area contributed by atoms with Gasteiger partial charge in [-0.05, 0) is 42.6 Å². The number of carbonyl (C=O) groups excluding carboxylic acids is 3. The van der Waals surface area contributed by atoms with Gasteiger partial charge < -0.3 is 20.1 Å². The number of nitrogens with zero attached hydrogens (tertiary/aromatic N) is 1. The largest absolute Gasteiger partial charge is 0.463 e. The second-order valence-corrected chi connectivity index (χ2v) is 9.73. The van der Waals surface area contributed by atoms with Crippen LogP contribution < -0.4 is 10.6 Å². The summed E-state index contributed by atoms with van der Waals surface area (Å²) in [5, 5.41) is 8.42. The Hall–Kier alpha value is -4.21. The van der Waals surface area contributed by atoms with Crippen molar-refractivity contribution in [3.8, 4) is 11.3 Å². The highest BCUT2D eigenvalue weighted by molar-refractivity contribution is 7.10. The van der Waals surface area contributed by atoms with E-state index in [-0.39, 0.29) is 24.5 Å². The molecule has 0 unspecified atom stereocenters. The van der Waals surface area contributed by atoms with Gasteiger partial charge in [0.05, 0.1) is 40.7 Å². The Balaban J connectivity index is 1.49. The van der Waals surface area contributed by atoms with E-state index in [0.717, 1.165) is 10.4 Å². The number of urea groups is 1. The van der Waals surface area contributed by atoms with E-state index in [1.165, 1.54) is 11.3 Å². The first-order valence-corrected chi connectivity index (χ1v) is 13.0. The van der Waals surface area contributed by atoms with Crippen molar-refractivity contribution < 1.29 is 23.9 Å². The monoisotopic (exact) mass is 547 g/mol. The lowest BCUT2D eigenvalue weighted by Gasteiger charge is -2.28. The Labute approximate surface area is 227 Å². The van der Waals surface area contributed by atoms with Crippen LogP contribution in [0.2, 0.25) is 5.02 Å². The number of hydrogen-bond donors (Lipinski definition) is 2. The van der Waals surface area contributed by atoms with Crippen molar-refractivity contribution in [2.24, 2.45) is 0 Å². The number of para-hydroxylation sites is 1. The summed E-state index contributed by atoms with van der Waals surface area (Å²) < 4.78 is 10.9. The van der Waals surface area contributed by atoms with Crippen molar-refractivity contribution in [2.45, 2.75) is 13.0 Å². The number of thiophene rings is 1. The molecule has 1 aliphatic rings. The molecule has 8 nitrogen and oxygen atoms in total. The summed E-state index contributed by atoms with van der Waals surface area (Å²) >= 11 is 7.42. The van der Waals surface area contributed by atoms with Gasteiger partial charge in [0.2, 0.25) is 0 Å². The number of fused-ring (bicyclic) bond motifs is 1. The first-order chi connectivity index (χ1) is 18.4. The van der Waals surface area contributed by atoms with Gasteiger partial charge in [-0.2, -0.15) is 0 Å². The van der Waals surface area contributed by atoms with E-state index < -0.39 is 24.0 Å². The SMILES string of the molecule is CCOC(=O)C1=C(COC(=O)c2cc(-c3ccc(Cl)cc3)nc3ccccc23)NC(=O)N[C@H]1c1cccs1. The van der Waals surface area contributed by atoms with Gasteiger partial charge >= 0.3 is 18.0 Å². The Bertz CT molecular complexity index is 1550. The predicted molar refractivity (Wildman–Crippen MR) is 145 cm³/mol. The normalized spacial score (nSPS) is 15.1. The van der Waals surface area contributed by atoms with Crippen molar-refractivity contribution in [1.82, 2.24) is 15.6 Å². The highest BCUT2D eigenvalue weighted by Gasteiger charge is 2.35. The number of amides is 2. The van der Waals surface area contributed by atoms with Crippen LogP contribution in [0.25, 0.3) is 22.2 Å². The molecule has 2 aromatic carbocycles. The standard InChI is InChI=1S/C28H22ClN3O5S/c1-2-36-27(34)24-22(31-28(35)32-25(24)23-8-5-13-38-23)15-37-26(33)19-14-21(16-9-11-17(29)12-10-16)30-20-7-4-3-6-18(19)20/h3-14,25H,2,15H2,1H3,(H2,31,32,35)/t25-/m0/s1. The molecule has 1 atom stereocenters. The number of benzene rings is 2. The summed E-state index contributed by atoms with van der Waals surface area (Å²) in [6.45, 7) is 1.51. The van der Waals surface area contributed by atoms with Crippen LogP contribution in [0.3, 0.4) is 0 Å². The average molecular weight is 548 g/mol. The molecule has 2 N–H and O–H groups in total. The maximum Gasteiger partial charge on any atom is 0.339 e. The average Bonchev–Trinajstić information content (AvgIpc) is 3.46. The molecule has 0 bridgehead atoms. The summed E-state index contributed by atoms with van der Waals surface area (Å²) in [6, 6.07) is 18.4. The van der Waals surface area contributed by atoms with E-state index in [1.54, 1.807) is 31.2 Å². The Morgan fingerprint density at radius 3 is 2.55 bits per heavy atom. The Kier molecular flexibility index (Phi) is 7.39. The van der Waals surface area contributed by atoms with Gasteiger partial charge in [0.25, 0.3) is 0 Å². The number of nitrogens with one attached hydrogen (secondary N) is 2. The fourth-order valence-electron chi connectivity index (χ4n) is 4.18. The third-order valence-corrected chi connectivity index (χ3v) is 7.09. The van der Waals surface area contributed by atoms with E-state index in [9.17, 15) is 14.4 Å².